The second-order valence-electron chi connectivity index (χ2n) is 16.4. The van der Waals surface area contributed by atoms with Gasteiger partial charge in [0.05, 0.1) is 6.61 Å². The number of aliphatic hydroxyl groups excluding tert-OH is 1. The number of alkyl carbamates (subject to hydrolysis) is 1. The normalized spacial score (nSPS) is 13.1. The summed E-state index contributed by atoms with van der Waals surface area (Å²) in [5, 5.41) is 15.6. The van der Waals surface area contributed by atoms with Crippen LogP contribution in [0.4, 0.5) is 9.59 Å². The van der Waals surface area contributed by atoms with Crippen LogP contribution in [0.25, 0.3) is 17.2 Å². The SMILES string of the molecule is C=Cc1cc(C(=O)Cc2ccc(C(N)=NC(=O)OCc3oc(=O)oc3C)cc2)c(-c2ccc(C(=O)NCC3CC3)nc2C(=O)OCOC(=O)[C@@H](NC(=O)OC(C)(C)C)C(C)C)cc1CO. The van der Waals surface area contributed by atoms with Crippen LogP contribution in [0.15, 0.2) is 73.7 Å². The summed E-state index contributed by atoms with van der Waals surface area (Å²) in [5.41, 5.74) is 6.59. The number of nitrogens with one attached hydrogen (secondary N) is 2. The van der Waals surface area contributed by atoms with E-state index in [1.807, 2.05) is 0 Å². The molecule has 0 unspecified atom stereocenters. The molecular weight excluding hydrogens is 847 g/mol. The number of esters is 2. The number of carbonyl (C=O) groups excluding carboxylic acids is 6. The Morgan fingerprint density at radius 1 is 1.00 bits per heavy atom. The molecule has 2 heterocycles. The van der Waals surface area contributed by atoms with Gasteiger partial charge in [-0.2, -0.15) is 4.99 Å². The Hall–Kier alpha value is -7.41. The van der Waals surface area contributed by atoms with E-state index >= 15 is 0 Å². The van der Waals surface area contributed by atoms with Crippen molar-refractivity contribution in [3.63, 3.8) is 0 Å². The fourth-order valence-corrected chi connectivity index (χ4v) is 6.18. The summed E-state index contributed by atoms with van der Waals surface area (Å²) in [5.74, 6) is -4.12. The molecule has 5 rings (SSSR count). The Bertz CT molecular complexity index is 2550. The van der Waals surface area contributed by atoms with Crippen molar-refractivity contribution in [1.29, 1.82) is 0 Å². The van der Waals surface area contributed by atoms with E-state index in [0.29, 0.717) is 34.7 Å². The number of nitrogens with zero attached hydrogens (tertiary/aromatic N) is 2. The minimum absolute atomic E-state index is 0.0155. The van der Waals surface area contributed by atoms with Crippen LogP contribution in [0.5, 0.6) is 0 Å². The van der Waals surface area contributed by atoms with Crippen molar-refractivity contribution in [3.8, 4) is 11.1 Å². The van der Waals surface area contributed by atoms with Crippen LogP contribution in [-0.4, -0.2) is 76.7 Å². The highest BCUT2D eigenvalue weighted by Crippen LogP contribution is 2.33. The molecule has 0 aliphatic heterocycles. The average molecular weight is 898 g/mol. The van der Waals surface area contributed by atoms with Gasteiger partial charge in [0.15, 0.2) is 29.6 Å². The number of carbonyl (C=O) groups is 6. The molecule has 2 aromatic heterocycles. The Morgan fingerprint density at radius 2 is 1.71 bits per heavy atom. The first kappa shape index (κ1) is 48.6. The second kappa shape index (κ2) is 21.3. The van der Waals surface area contributed by atoms with Gasteiger partial charge in [-0.25, -0.2) is 29.0 Å². The first-order valence-corrected chi connectivity index (χ1v) is 20.5. The van der Waals surface area contributed by atoms with E-state index in [1.165, 1.54) is 49.4 Å². The number of aromatic nitrogens is 1. The molecule has 0 bridgehead atoms. The summed E-state index contributed by atoms with van der Waals surface area (Å²) in [4.78, 5) is 98.5. The van der Waals surface area contributed by atoms with E-state index in [1.54, 1.807) is 46.8 Å². The number of aliphatic hydroxyl groups is 1. The number of hydrogen-bond donors (Lipinski definition) is 4. The molecule has 1 aliphatic carbocycles. The van der Waals surface area contributed by atoms with Gasteiger partial charge in [0, 0.05) is 29.7 Å². The molecule has 3 amide bonds. The Balaban J connectivity index is 1.40. The number of benzene rings is 2. The second-order valence-corrected chi connectivity index (χ2v) is 16.4. The summed E-state index contributed by atoms with van der Waals surface area (Å²) in [6.07, 6.45) is 1.31. The average Bonchev–Trinajstić information content (AvgIpc) is 4.03. The van der Waals surface area contributed by atoms with Crippen molar-refractivity contribution < 1.29 is 61.7 Å². The number of amidine groups is 1. The molecule has 0 saturated heterocycles. The Labute approximate surface area is 373 Å². The number of hydrogen-bond acceptors (Lipinski definition) is 15. The molecule has 1 atom stereocenters. The third kappa shape index (κ3) is 13.5. The predicted octanol–water partition coefficient (Wildman–Crippen LogP) is 5.55. The van der Waals surface area contributed by atoms with E-state index in [4.69, 9.17) is 33.5 Å². The van der Waals surface area contributed by atoms with Gasteiger partial charge in [-0.3, -0.25) is 9.59 Å². The first-order chi connectivity index (χ1) is 30.8. The molecule has 65 heavy (non-hydrogen) atoms. The predicted molar refractivity (Wildman–Crippen MR) is 232 cm³/mol. The zero-order chi connectivity index (χ0) is 47.6. The van der Waals surface area contributed by atoms with Crippen LogP contribution < -0.4 is 22.2 Å². The quantitative estimate of drug-likeness (QED) is 0.0238. The van der Waals surface area contributed by atoms with Gasteiger partial charge in [-0.1, -0.05) is 50.8 Å². The van der Waals surface area contributed by atoms with Gasteiger partial charge in [-0.05, 0) is 98.9 Å². The van der Waals surface area contributed by atoms with E-state index in [9.17, 15) is 38.7 Å². The summed E-state index contributed by atoms with van der Waals surface area (Å²) < 4.78 is 30.4. The molecule has 1 fully saturated rings. The van der Waals surface area contributed by atoms with Crippen molar-refractivity contribution in [2.75, 3.05) is 13.3 Å². The molecule has 1 saturated carbocycles. The van der Waals surface area contributed by atoms with E-state index < -0.39 is 84.9 Å². The molecule has 5 N–H and O–H groups in total. The summed E-state index contributed by atoms with van der Waals surface area (Å²) in [6.45, 7) is 12.2. The number of Topliss-reactive ketones (excluding diaryl/α,β-unsaturated/α-hetero) is 1. The van der Waals surface area contributed by atoms with Crippen LogP contribution >= 0.6 is 0 Å². The zero-order valence-corrected chi connectivity index (χ0v) is 36.8. The third-order valence-corrected chi connectivity index (χ3v) is 9.80. The topological polar surface area (TPSA) is 278 Å². The fourth-order valence-electron chi connectivity index (χ4n) is 6.18. The van der Waals surface area contributed by atoms with Crippen molar-refractivity contribution in [2.24, 2.45) is 22.6 Å². The Morgan fingerprint density at radius 3 is 2.31 bits per heavy atom. The zero-order valence-electron chi connectivity index (χ0n) is 36.8. The number of rotatable bonds is 18. The highest BCUT2D eigenvalue weighted by Gasteiger charge is 2.30. The van der Waals surface area contributed by atoms with Crippen molar-refractivity contribution in [1.82, 2.24) is 15.6 Å². The van der Waals surface area contributed by atoms with Gasteiger partial charge in [-0.15, -0.1) is 0 Å². The maximum atomic E-state index is 14.2. The standard InChI is InChI=1S/C46H51N5O14/c1-8-28-18-33(35(53)17-26-11-13-29(14-12-26)39(47)51-43(57)60-22-36-25(4)63-45(59)64-36)32(19-30(28)21-52)31-15-16-34(40(54)48-20-27-9-10-27)49-38(31)42(56)62-23-61-41(55)37(24(2)3)50-44(58)65-46(5,6)7/h8,11-16,18-19,24,27,37,52H,1,9-10,17,20-23H2,2-7H3,(H,48,54)(H,50,58)(H2,47,51,57)/t37-/m0/s1. The van der Waals surface area contributed by atoms with E-state index in [-0.39, 0.29) is 46.2 Å². The van der Waals surface area contributed by atoms with Crippen LogP contribution in [-0.2, 0) is 43.4 Å². The number of nitrogens with two attached hydrogens (primary N) is 1. The monoisotopic (exact) mass is 897 g/mol. The maximum absolute atomic E-state index is 14.2. The fraction of sp³-hybridized carbons (Fsp3) is 0.370. The molecule has 19 nitrogen and oxygen atoms in total. The minimum Gasteiger partial charge on any atom is -0.444 e. The number of ketones is 1. The molecule has 2 aromatic carbocycles. The van der Waals surface area contributed by atoms with E-state index in [0.717, 1.165) is 12.8 Å². The van der Waals surface area contributed by atoms with Gasteiger partial charge in [0.2, 0.25) is 6.79 Å². The molecule has 0 spiro atoms. The lowest BCUT2D eigenvalue weighted by molar-refractivity contribution is -0.156. The molecule has 4 aromatic rings. The van der Waals surface area contributed by atoms with E-state index in [2.05, 4.69) is 27.2 Å². The number of aliphatic imine (C=N–C) groups is 1. The van der Waals surface area contributed by atoms with Crippen molar-refractivity contribution >= 4 is 47.7 Å². The number of ether oxygens (including phenoxy) is 4. The maximum Gasteiger partial charge on any atom is 0.519 e. The molecular formula is C46H51N5O14. The Kier molecular flexibility index (Phi) is 15.9. The number of aryl methyl sites for hydroxylation is 1. The summed E-state index contributed by atoms with van der Waals surface area (Å²) in [7, 11) is 0. The van der Waals surface area contributed by atoms with Crippen LogP contribution in [0, 0.1) is 18.8 Å². The minimum atomic E-state index is -1.16. The smallest absolute Gasteiger partial charge is 0.444 e. The molecule has 344 valence electrons. The summed E-state index contributed by atoms with van der Waals surface area (Å²) >= 11 is 0. The number of pyridine rings is 1. The largest absolute Gasteiger partial charge is 0.519 e. The van der Waals surface area contributed by atoms with Crippen LogP contribution in [0.3, 0.4) is 0 Å². The van der Waals surface area contributed by atoms with Gasteiger partial charge in [0.1, 0.15) is 23.2 Å². The number of amides is 3. The van der Waals surface area contributed by atoms with Gasteiger partial charge < -0.3 is 49.3 Å². The lowest BCUT2D eigenvalue weighted by Crippen LogP contribution is -2.47. The van der Waals surface area contributed by atoms with Crippen molar-refractivity contribution in [3.05, 3.63) is 116 Å². The highest BCUT2D eigenvalue weighted by molar-refractivity contribution is 6.07. The lowest BCUT2D eigenvalue weighted by Gasteiger charge is -2.24. The first-order valence-electron chi connectivity index (χ1n) is 20.5. The van der Waals surface area contributed by atoms with Crippen LogP contribution in [0.2, 0.25) is 0 Å². The molecule has 1 aliphatic rings. The highest BCUT2D eigenvalue weighted by atomic mass is 16.7. The van der Waals surface area contributed by atoms with Gasteiger partial charge in [0.25, 0.3) is 5.91 Å². The van der Waals surface area contributed by atoms with Crippen LogP contribution in [0.1, 0.15) is 113 Å². The molecule has 19 heteroatoms. The third-order valence-electron chi connectivity index (χ3n) is 9.80. The molecule has 0 radical (unpaired) electrons. The van der Waals surface area contributed by atoms with Gasteiger partial charge >= 0.3 is 29.9 Å². The van der Waals surface area contributed by atoms with Crippen molar-refractivity contribution in [2.45, 2.75) is 85.7 Å². The summed E-state index contributed by atoms with van der Waals surface area (Å²) in [6, 6.07) is 10.9. The lowest BCUT2D eigenvalue weighted by atomic mass is 9.89.